The van der Waals surface area contributed by atoms with Crippen LogP contribution < -0.4 is 5.32 Å². The quantitative estimate of drug-likeness (QED) is 0.512. The van der Waals surface area contributed by atoms with Gasteiger partial charge in [0.15, 0.2) is 9.84 Å². The minimum atomic E-state index is -4.02. The highest BCUT2D eigenvalue weighted by Crippen LogP contribution is 2.28. The number of benzene rings is 2. The molecule has 1 N–H and O–H groups in total. The zero-order chi connectivity index (χ0) is 25.3. The lowest BCUT2D eigenvalue weighted by atomic mass is 10.2. The summed E-state index contributed by atoms with van der Waals surface area (Å²) in [7, 11) is -4.02. The van der Waals surface area contributed by atoms with Gasteiger partial charge in [0, 0.05) is 35.9 Å². The number of carbonyl (C=O) groups is 2. The van der Waals surface area contributed by atoms with Crippen molar-refractivity contribution in [3.05, 3.63) is 58.7 Å². The second-order valence-corrected chi connectivity index (χ2v) is 11.4. The number of hydrogen-bond acceptors (Lipinski definition) is 5. The Morgan fingerprint density at radius 1 is 1.06 bits per heavy atom. The number of anilines is 1. The monoisotopic (exact) mass is 537 g/mol. The number of morpholine rings is 1. The molecule has 2 aromatic carbocycles. The number of rotatable bonds is 6. The number of hydrogen-bond donors (Lipinski definition) is 1. The molecule has 35 heavy (non-hydrogen) atoms. The van der Waals surface area contributed by atoms with Crippen molar-refractivity contribution >= 4 is 61.4 Å². The van der Waals surface area contributed by atoms with Gasteiger partial charge in [-0.2, -0.15) is 0 Å². The molecule has 186 valence electrons. The molecule has 0 spiro atoms. The van der Waals surface area contributed by atoms with Gasteiger partial charge in [0.05, 0.1) is 27.1 Å². The van der Waals surface area contributed by atoms with Crippen molar-refractivity contribution in [2.24, 2.45) is 0 Å². The molecule has 1 aromatic heterocycles. The first-order chi connectivity index (χ1) is 16.5. The van der Waals surface area contributed by atoms with Gasteiger partial charge >= 0.3 is 0 Å². The average molecular weight is 538 g/mol. The zero-order valence-electron chi connectivity index (χ0n) is 19.2. The first kappa shape index (κ1) is 25.5. The maximum atomic E-state index is 13.2. The van der Waals surface area contributed by atoms with E-state index in [4.69, 9.17) is 27.9 Å². The van der Waals surface area contributed by atoms with Crippen LogP contribution in [0.15, 0.2) is 53.6 Å². The van der Waals surface area contributed by atoms with Crippen LogP contribution in [0.1, 0.15) is 13.8 Å². The number of carbonyl (C=O) groups excluding carboxylic acids is 2. The normalized spacial score (nSPS) is 18.6. The van der Waals surface area contributed by atoms with Gasteiger partial charge in [-0.05, 0) is 38.1 Å². The standard InChI is InChI=1S/C24H25Cl2N3O5S/c1-15-10-29(11-16(2)34-15)24(31)13-28-12-22(18-5-3-4-6-21(18)28)35(32,33)14-23(30)27-17-7-8-19(25)20(26)9-17/h3-9,12,15-16H,10-11,13-14H2,1-2H3,(H,27,30). The van der Waals surface area contributed by atoms with Crippen molar-refractivity contribution in [1.82, 2.24) is 9.47 Å². The minimum absolute atomic E-state index is 0.00565. The second kappa shape index (κ2) is 10.2. The molecule has 2 heterocycles. The third-order valence-electron chi connectivity index (χ3n) is 5.69. The lowest BCUT2D eigenvalue weighted by molar-refractivity contribution is -0.143. The topological polar surface area (TPSA) is 97.7 Å². The molecule has 0 aliphatic carbocycles. The predicted molar refractivity (Wildman–Crippen MR) is 136 cm³/mol. The van der Waals surface area contributed by atoms with Gasteiger partial charge < -0.3 is 19.5 Å². The first-order valence-corrected chi connectivity index (χ1v) is 13.4. The van der Waals surface area contributed by atoms with Crippen molar-refractivity contribution in [2.45, 2.75) is 37.5 Å². The van der Waals surface area contributed by atoms with Crippen LogP contribution in [-0.4, -0.2) is 60.7 Å². The molecule has 8 nitrogen and oxygen atoms in total. The van der Waals surface area contributed by atoms with Crippen molar-refractivity contribution < 1.29 is 22.7 Å². The van der Waals surface area contributed by atoms with E-state index in [0.717, 1.165) is 0 Å². The molecule has 1 aliphatic heterocycles. The van der Waals surface area contributed by atoms with Gasteiger partial charge in [0.25, 0.3) is 0 Å². The molecule has 2 unspecified atom stereocenters. The van der Waals surface area contributed by atoms with Crippen molar-refractivity contribution in [2.75, 3.05) is 24.2 Å². The van der Waals surface area contributed by atoms with E-state index in [2.05, 4.69) is 5.32 Å². The number of nitrogens with zero attached hydrogens (tertiary/aromatic N) is 2. The van der Waals surface area contributed by atoms with Crippen LogP contribution in [0, 0.1) is 0 Å². The van der Waals surface area contributed by atoms with Crippen molar-refractivity contribution in [3.63, 3.8) is 0 Å². The van der Waals surface area contributed by atoms with E-state index in [9.17, 15) is 18.0 Å². The number of halogens is 2. The third kappa shape index (κ3) is 5.81. The smallest absolute Gasteiger partial charge is 0.242 e. The van der Waals surface area contributed by atoms with Crippen LogP contribution in [0.5, 0.6) is 0 Å². The molecular formula is C24H25Cl2N3O5S. The fourth-order valence-electron chi connectivity index (χ4n) is 4.24. The Kier molecular flexibility index (Phi) is 7.42. The van der Waals surface area contributed by atoms with Crippen LogP contribution >= 0.6 is 23.2 Å². The van der Waals surface area contributed by atoms with E-state index in [1.54, 1.807) is 33.7 Å². The summed E-state index contributed by atoms with van der Waals surface area (Å²) in [5.41, 5.74) is 0.931. The van der Waals surface area contributed by atoms with Crippen molar-refractivity contribution in [1.29, 1.82) is 0 Å². The van der Waals surface area contributed by atoms with Gasteiger partial charge in [0.1, 0.15) is 12.3 Å². The molecule has 1 saturated heterocycles. The number of nitrogens with one attached hydrogen (secondary N) is 1. The fourth-order valence-corrected chi connectivity index (χ4v) is 5.91. The molecule has 11 heteroatoms. The molecule has 0 bridgehead atoms. The van der Waals surface area contributed by atoms with Gasteiger partial charge in [-0.1, -0.05) is 41.4 Å². The Balaban J connectivity index is 1.56. The summed E-state index contributed by atoms with van der Waals surface area (Å²) in [6.07, 6.45) is 1.28. The van der Waals surface area contributed by atoms with E-state index in [0.29, 0.717) is 34.7 Å². The molecule has 0 radical (unpaired) electrons. The number of fused-ring (bicyclic) bond motifs is 1. The summed E-state index contributed by atoms with van der Waals surface area (Å²) in [5.74, 6) is -1.62. The average Bonchev–Trinajstić information content (AvgIpc) is 3.15. The highest BCUT2D eigenvalue weighted by Gasteiger charge is 2.28. The van der Waals surface area contributed by atoms with Gasteiger partial charge in [-0.25, -0.2) is 8.42 Å². The van der Waals surface area contributed by atoms with Crippen LogP contribution in [0.25, 0.3) is 10.9 Å². The van der Waals surface area contributed by atoms with Gasteiger partial charge in [-0.15, -0.1) is 0 Å². The molecule has 3 aromatic rings. The Bertz CT molecular complexity index is 1380. The number of ether oxygens (including phenoxy) is 1. The summed E-state index contributed by atoms with van der Waals surface area (Å²) in [5, 5.41) is 3.54. The van der Waals surface area contributed by atoms with Crippen LogP contribution in [-0.2, 0) is 30.7 Å². The molecule has 2 atom stereocenters. The third-order valence-corrected chi connectivity index (χ3v) is 8.07. The van der Waals surface area contributed by atoms with Crippen molar-refractivity contribution in [3.8, 4) is 0 Å². The van der Waals surface area contributed by atoms with Gasteiger partial charge in [-0.3, -0.25) is 9.59 Å². The molecular weight excluding hydrogens is 513 g/mol. The lowest BCUT2D eigenvalue weighted by Gasteiger charge is -2.35. The number of aromatic nitrogens is 1. The molecule has 2 amide bonds. The SMILES string of the molecule is CC1CN(C(=O)Cn2cc(S(=O)(=O)CC(=O)Nc3ccc(Cl)c(Cl)c3)c3ccccc32)CC(C)O1. The summed E-state index contributed by atoms with van der Waals surface area (Å²) in [6.45, 7) is 4.75. The van der Waals surface area contributed by atoms with Gasteiger partial charge in [0.2, 0.25) is 11.8 Å². The molecule has 0 saturated carbocycles. The lowest BCUT2D eigenvalue weighted by Crippen LogP contribution is -2.49. The fraction of sp³-hybridized carbons (Fsp3) is 0.333. The van der Waals surface area contributed by atoms with Crippen LogP contribution in [0.4, 0.5) is 5.69 Å². The Morgan fingerprint density at radius 3 is 2.43 bits per heavy atom. The molecule has 1 aliphatic rings. The van der Waals surface area contributed by atoms with E-state index in [-0.39, 0.29) is 34.6 Å². The Morgan fingerprint density at radius 2 is 1.74 bits per heavy atom. The van der Waals surface area contributed by atoms with E-state index in [1.165, 1.54) is 24.4 Å². The minimum Gasteiger partial charge on any atom is -0.372 e. The predicted octanol–water partition coefficient (Wildman–Crippen LogP) is 4.00. The summed E-state index contributed by atoms with van der Waals surface area (Å²) >= 11 is 11.9. The second-order valence-electron chi connectivity index (χ2n) is 8.63. The maximum absolute atomic E-state index is 13.2. The number of para-hydroxylation sites is 1. The largest absolute Gasteiger partial charge is 0.372 e. The molecule has 4 rings (SSSR count). The molecule has 1 fully saturated rings. The number of sulfone groups is 1. The summed E-state index contributed by atoms with van der Waals surface area (Å²) in [4.78, 5) is 27.3. The first-order valence-electron chi connectivity index (χ1n) is 11.0. The van der Waals surface area contributed by atoms with E-state index in [1.807, 2.05) is 13.8 Å². The Labute approximate surface area is 213 Å². The zero-order valence-corrected chi connectivity index (χ0v) is 21.5. The van der Waals surface area contributed by atoms with Crippen LogP contribution in [0.3, 0.4) is 0 Å². The highest BCUT2D eigenvalue weighted by molar-refractivity contribution is 7.92. The van der Waals surface area contributed by atoms with E-state index < -0.39 is 21.5 Å². The summed E-state index contributed by atoms with van der Waals surface area (Å²) < 4.78 is 33.8. The maximum Gasteiger partial charge on any atom is 0.242 e. The van der Waals surface area contributed by atoms with E-state index >= 15 is 0 Å². The summed E-state index contributed by atoms with van der Waals surface area (Å²) in [6, 6.07) is 11.4. The Hall–Kier alpha value is -2.59. The number of amides is 2. The van der Waals surface area contributed by atoms with Crippen LogP contribution in [0.2, 0.25) is 10.0 Å². The highest BCUT2D eigenvalue weighted by atomic mass is 35.5.